The van der Waals surface area contributed by atoms with Gasteiger partial charge in [-0.1, -0.05) is 20.3 Å². The summed E-state index contributed by atoms with van der Waals surface area (Å²) in [6, 6.07) is 0. The van der Waals surface area contributed by atoms with Crippen molar-refractivity contribution < 1.29 is 0 Å². The molecular weight excluding hydrogens is 218 g/mol. The average molecular weight is 251 g/mol. The van der Waals surface area contributed by atoms with Gasteiger partial charge in [-0.05, 0) is 76.0 Å². The van der Waals surface area contributed by atoms with Crippen molar-refractivity contribution in [3.05, 3.63) is 0 Å². The van der Waals surface area contributed by atoms with Gasteiger partial charge in [0.2, 0.25) is 0 Å². The van der Waals surface area contributed by atoms with Gasteiger partial charge in [0, 0.05) is 12.1 Å². The fourth-order valence-corrected chi connectivity index (χ4v) is 4.08. The molecule has 1 N–H and O–H groups in total. The molecule has 2 aliphatic carbocycles. The summed E-state index contributed by atoms with van der Waals surface area (Å²) in [5.74, 6) is 3.21. The van der Waals surface area contributed by atoms with Crippen molar-refractivity contribution in [1.82, 2.24) is 5.32 Å². The van der Waals surface area contributed by atoms with Gasteiger partial charge < -0.3 is 5.32 Å². The van der Waals surface area contributed by atoms with E-state index in [0.29, 0.717) is 5.41 Å². The second-order valence-electron chi connectivity index (χ2n) is 8.41. The number of fused-ring (bicyclic) bond motifs is 2. The summed E-state index contributed by atoms with van der Waals surface area (Å²) in [5, 5.41) is 3.73. The number of hydrogen-bond acceptors (Lipinski definition) is 1. The highest BCUT2D eigenvalue weighted by Gasteiger charge is 2.42. The molecule has 0 aromatic heterocycles. The Labute approximate surface area is 114 Å². The molecule has 0 aromatic rings. The molecule has 1 heteroatoms. The van der Waals surface area contributed by atoms with E-state index in [9.17, 15) is 0 Å². The molecule has 4 atom stereocenters. The average Bonchev–Trinajstić information content (AvgIpc) is 2.87. The SMILES string of the molecule is CCC(C)(CNC(C)(C)C)CC1CC2CCC1C2. The highest BCUT2D eigenvalue weighted by molar-refractivity contribution is 4.93. The first-order valence-electron chi connectivity index (χ1n) is 8.06. The van der Waals surface area contributed by atoms with Crippen LogP contribution in [0.1, 0.15) is 73.1 Å². The monoisotopic (exact) mass is 251 g/mol. The molecule has 0 spiro atoms. The molecule has 2 rings (SSSR count). The molecule has 2 saturated carbocycles. The summed E-state index contributed by atoms with van der Waals surface area (Å²) in [6.45, 7) is 12.9. The van der Waals surface area contributed by atoms with E-state index in [1.54, 1.807) is 6.42 Å². The van der Waals surface area contributed by atoms with E-state index in [1.165, 1.54) is 38.6 Å². The van der Waals surface area contributed by atoms with E-state index in [2.05, 4.69) is 39.9 Å². The van der Waals surface area contributed by atoms with Crippen molar-refractivity contribution in [3.63, 3.8) is 0 Å². The minimum atomic E-state index is 0.255. The second-order valence-corrected chi connectivity index (χ2v) is 8.41. The second kappa shape index (κ2) is 5.15. The fourth-order valence-electron chi connectivity index (χ4n) is 4.08. The predicted molar refractivity (Wildman–Crippen MR) is 79.7 cm³/mol. The van der Waals surface area contributed by atoms with Crippen LogP contribution in [0.5, 0.6) is 0 Å². The Morgan fingerprint density at radius 3 is 2.22 bits per heavy atom. The third-order valence-electron chi connectivity index (χ3n) is 5.54. The lowest BCUT2D eigenvalue weighted by Gasteiger charge is -2.37. The molecule has 106 valence electrons. The van der Waals surface area contributed by atoms with Gasteiger partial charge in [-0.25, -0.2) is 0 Å². The third kappa shape index (κ3) is 3.50. The standard InChI is InChI=1S/C17H33N/c1-6-17(5,12-18-16(2,3)4)11-15-10-13-7-8-14(15)9-13/h13-15,18H,6-12H2,1-5H3. The molecule has 0 amide bonds. The fraction of sp³-hybridized carbons (Fsp3) is 1.00. The van der Waals surface area contributed by atoms with Gasteiger partial charge in [-0.15, -0.1) is 0 Å². The van der Waals surface area contributed by atoms with Gasteiger partial charge in [0.25, 0.3) is 0 Å². The molecule has 4 unspecified atom stereocenters. The Bertz CT molecular complexity index is 278. The summed E-state index contributed by atoms with van der Waals surface area (Å²) in [7, 11) is 0. The van der Waals surface area contributed by atoms with Crippen LogP contribution in [0.25, 0.3) is 0 Å². The van der Waals surface area contributed by atoms with E-state index in [0.717, 1.165) is 17.8 Å². The van der Waals surface area contributed by atoms with Crippen LogP contribution in [0, 0.1) is 23.2 Å². The van der Waals surface area contributed by atoms with E-state index in [4.69, 9.17) is 0 Å². The first kappa shape index (κ1) is 14.4. The van der Waals surface area contributed by atoms with Crippen LogP contribution in [-0.2, 0) is 0 Å². The summed E-state index contributed by atoms with van der Waals surface area (Å²) in [6.07, 6.45) is 8.91. The molecule has 2 fully saturated rings. The molecule has 0 radical (unpaired) electrons. The molecule has 2 bridgehead atoms. The Hall–Kier alpha value is -0.0400. The molecule has 0 aromatic carbocycles. The molecule has 0 heterocycles. The molecule has 0 saturated heterocycles. The predicted octanol–water partition coefficient (Wildman–Crippen LogP) is 4.62. The van der Waals surface area contributed by atoms with Gasteiger partial charge in [0.15, 0.2) is 0 Å². The van der Waals surface area contributed by atoms with Crippen LogP contribution in [0.15, 0.2) is 0 Å². The molecule has 0 aliphatic heterocycles. The lowest BCUT2D eigenvalue weighted by Crippen LogP contribution is -2.43. The van der Waals surface area contributed by atoms with Crippen molar-refractivity contribution in [1.29, 1.82) is 0 Å². The number of rotatable bonds is 5. The summed E-state index contributed by atoms with van der Waals surface area (Å²) in [5.41, 5.74) is 0.757. The largest absolute Gasteiger partial charge is 0.312 e. The summed E-state index contributed by atoms with van der Waals surface area (Å²) < 4.78 is 0. The third-order valence-corrected chi connectivity index (χ3v) is 5.54. The van der Waals surface area contributed by atoms with Crippen molar-refractivity contribution >= 4 is 0 Å². The van der Waals surface area contributed by atoms with Gasteiger partial charge >= 0.3 is 0 Å². The maximum atomic E-state index is 3.73. The van der Waals surface area contributed by atoms with Gasteiger partial charge in [-0.2, -0.15) is 0 Å². The summed E-state index contributed by atoms with van der Waals surface area (Å²) >= 11 is 0. The van der Waals surface area contributed by atoms with Crippen LogP contribution >= 0.6 is 0 Å². The van der Waals surface area contributed by atoms with Crippen LogP contribution < -0.4 is 5.32 Å². The number of nitrogens with one attached hydrogen (secondary N) is 1. The van der Waals surface area contributed by atoms with Crippen molar-refractivity contribution in [2.75, 3.05) is 6.54 Å². The van der Waals surface area contributed by atoms with Gasteiger partial charge in [0.05, 0.1) is 0 Å². The van der Waals surface area contributed by atoms with E-state index < -0.39 is 0 Å². The zero-order chi connectivity index (χ0) is 13.4. The van der Waals surface area contributed by atoms with E-state index in [-0.39, 0.29) is 5.54 Å². The molecular formula is C17H33N. The maximum absolute atomic E-state index is 3.73. The van der Waals surface area contributed by atoms with Gasteiger partial charge in [0.1, 0.15) is 0 Å². The highest BCUT2D eigenvalue weighted by atomic mass is 15.0. The quantitative estimate of drug-likeness (QED) is 0.752. The Balaban J connectivity index is 1.87. The molecule has 2 aliphatic rings. The molecule has 18 heavy (non-hydrogen) atoms. The lowest BCUT2D eigenvalue weighted by atomic mass is 9.73. The van der Waals surface area contributed by atoms with E-state index in [1.807, 2.05) is 0 Å². The smallest absolute Gasteiger partial charge is 0.00967 e. The Morgan fingerprint density at radius 2 is 1.78 bits per heavy atom. The number of hydrogen-bond donors (Lipinski definition) is 1. The lowest BCUT2D eigenvalue weighted by molar-refractivity contribution is 0.167. The first-order chi connectivity index (χ1) is 8.31. The first-order valence-corrected chi connectivity index (χ1v) is 8.06. The topological polar surface area (TPSA) is 12.0 Å². The minimum absolute atomic E-state index is 0.255. The van der Waals surface area contributed by atoms with E-state index >= 15 is 0 Å². The Morgan fingerprint density at radius 1 is 1.06 bits per heavy atom. The summed E-state index contributed by atoms with van der Waals surface area (Å²) in [4.78, 5) is 0. The van der Waals surface area contributed by atoms with Crippen molar-refractivity contribution in [2.45, 2.75) is 78.7 Å². The van der Waals surface area contributed by atoms with Gasteiger partial charge in [-0.3, -0.25) is 0 Å². The normalized spacial score (nSPS) is 34.8. The van der Waals surface area contributed by atoms with Crippen LogP contribution in [-0.4, -0.2) is 12.1 Å². The molecule has 1 nitrogen and oxygen atoms in total. The Kier molecular flexibility index (Phi) is 4.11. The van der Waals surface area contributed by atoms with Crippen molar-refractivity contribution in [3.8, 4) is 0 Å². The van der Waals surface area contributed by atoms with Crippen LogP contribution in [0.3, 0.4) is 0 Å². The highest BCUT2D eigenvalue weighted by Crippen LogP contribution is 2.52. The van der Waals surface area contributed by atoms with Crippen molar-refractivity contribution in [2.24, 2.45) is 23.2 Å². The zero-order valence-electron chi connectivity index (χ0n) is 13.2. The van der Waals surface area contributed by atoms with Crippen LogP contribution in [0.4, 0.5) is 0 Å². The maximum Gasteiger partial charge on any atom is 0.00967 e. The van der Waals surface area contributed by atoms with Crippen LogP contribution in [0.2, 0.25) is 0 Å². The minimum Gasteiger partial charge on any atom is -0.312 e. The zero-order valence-corrected chi connectivity index (χ0v) is 13.2.